The molecule has 6 nitrogen and oxygen atoms in total. The van der Waals surface area contributed by atoms with Gasteiger partial charge in [0.25, 0.3) is 5.91 Å². The maximum Gasteiger partial charge on any atom is 0.253 e. The lowest BCUT2D eigenvalue weighted by Gasteiger charge is -2.15. The van der Waals surface area contributed by atoms with Crippen LogP contribution in [0, 0.1) is 19.7 Å². The molecule has 3 aromatic rings. The molecule has 166 valence electrons. The zero-order valence-electron chi connectivity index (χ0n) is 18.4. The van der Waals surface area contributed by atoms with E-state index >= 15 is 0 Å². The third kappa shape index (κ3) is 4.72. The van der Waals surface area contributed by atoms with Crippen molar-refractivity contribution in [2.75, 3.05) is 13.1 Å². The highest BCUT2D eigenvalue weighted by Gasteiger charge is 2.19. The second-order valence-corrected chi connectivity index (χ2v) is 8.19. The smallest absolute Gasteiger partial charge is 0.253 e. The fourth-order valence-electron chi connectivity index (χ4n) is 4.06. The predicted octanol–water partition coefficient (Wildman–Crippen LogP) is 3.72. The molecule has 1 N–H and O–H groups in total. The lowest BCUT2D eigenvalue weighted by molar-refractivity contribution is -0.120. The molecule has 1 fully saturated rings. The fraction of sp³-hybridized carbons (Fsp3) is 0.320. The van der Waals surface area contributed by atoms with E-state index in [2.05, 4.69) is 10.4 Å². The van der Waals surface area contributed by atoms with Gasteiger partial charge in [-0.25, -0.2) is 9.07 Å². The van der Waals surface area contributed by atoms with Gasteiger partial charge in [0.1, 0.15) is 5.82 Å². The summed E-state index contributed by atoms with van der Waals surface area (Å²) in [6.45, 7) is 5.81. The molecule has 2 heterocycles. The van der Waals surface area contributed by atoms with Crippen LogP contribution in [-0.2, 0) is 17.8 Å². The zero-order valence-corrected chi connectivity index (χ0v) is 18.4. The largest absolute Gasteiger partial charge is 0.352 e. The van der Waals surface area contributed by atoms with Gasteiger partial charge in [0.05, 0.1) is 17.8 Å². The van der Waals surface area contributed by atoms with Crippen molar-refractivity contribution in [3.63, 3.8) is 0 Å². The monoisotopic (exact) mass is 434 g/mol. The summed E-state index contributed by atoms with van der Waals surface area (Å²) in [4.78, 5) is 26.9. The molecule has 2 amide bonds. The third-order valence-corrected chi connectivity index (χ3v) is 5.93. The van der Waals surface area contributed by atoms with Gasteiger partial charge in [0, 0.05) is 36.5 Å². The van der Waals surface area contributed by atoms with Gasteiger partial charge in [-0.3, -0.25) is 9.59 Å². The number of hydrogen-bond acceptors (Lipinski definition) is 3. The summed E-state index contributed by atoms with van der Waals surface area (Å²) in [5.74, 6) is -0.336. The van der Waals surface area contributed by atoms with Gasteiger partial charge < -0.3 is 10.2 Å². The summed E-state index contributed by atoms with van der Waals surface area (Å²) < 4.78 is 14.9. The minimum atomic E-state index is -0.302. The summed E-state index contributed by atoms with van der Waals surface area (Å²) in [6, 6.07) is 13.5. The standard InChI is InChI=1S/C25H27FN4O2/c1-17-23(18(2)30(28-17)22-11-9-21(26)10-12-22)15-24(31)27-16-19-5-7-20(8-6-19)25(32)29-13-3-4-14-29/h5-12H,3-4,13-16H2,1-2H3,(H,27,31). The summed E-state index contributed by atoms with van der Waals surface area (Å²) in [5, 5.41) is 7.46. The number of nitrogens with zero attached hydrogens (tertiary/aromatic N) is 3. The number of carbonyl (C=O) groups is 2. The minimum absolute atomic E-state index is 0.0715. The van der Waals surface area contributed by atoms with Crippen LogP contribution in [0.3, 0.4) is 0 Å². The average Bonchev–Trinajstić information content (AvgIpc) is 3.43. The molecule has 4 rings (SSSR count). The summed E-state index contributed by atoms with van der Waals surface area (Å²) in [7, 11) is 0. The molecule has 0 spiro atoms. The van der Waals surface area contributed by atoms with Crippen molar-refractivity contribution in [2.45, 2.75) is 39.7 Å². The molecule has 0 unspecified atom stereocenters. The molecule has 1 aromatic heterocycles. The van der Waals surface area contributed by atoms with Crippen molar-refractivity contribution < 1.29 is 14.0 Å². The first-order valence-electron chi connectivity index (χ1n) is 10.9. The lowest BCUT2D eigenvalue weighted by atomic mass is 10.1. The second-order valence-electron chi connectivity index (χ2n) is 8.19. The Morgan fingerprint density at radius 2 is 1.66 bits per heavy atom. The second kappa shape index (κ2) is 9.34. The van der Waals surface area contributed by atoms with Crippen LogP contribution in [0.1, 0.15) is 45.7 Å². The Balaban J connectivity index is 1.36. The Kier molecular flexibility index (Phi) is 6.35. The Morgan fingerprint density at radius 3 is 2.31 bits per heavy atom. The van der Waals surface area contributed by atoms with E-state index in [1.165, 1.54) is 12.1 Å². The lowest BCUT2D eigenvalue weighted by Crippen LogP contribution is -2.27. The van der Waals surface area contributed by atoms with Crippen molar-refractivity contribution in [1.82, 2.24) is 20.0 Å². The summed E-state index contributed by atoms with van der Waals surface area (Å²) in [5.41, 5.74) is 4.86. The molecule has 2 aromatic carbocycles. The first-order chi connectivity index (χ1) is 15.4. The van der Waals surface area contributed by atoms with Crippen LogP contribution in [0.4, 0.5) is 4.39 Å². The molecule has 0 radical (unpaired) electrons. The fourth-order valence-corrected chi connectivity index (χ4v) is 4.06. The normalized spacial score (nSPS) is 13.4. The van der Waals surface area contributed by atoms with Gasteiger partial charge in [0.2, 0.25) is 5.91 Å². The van der Waals surface area contributed by atoms with Gasteiger partial charge in [-0.05, 0) is 68.7 Å². The molecule has 1 aliphatic rings. The van der Waals surface area contributed by atoms with Gasteiger partial charge in [-0.2, -0.15) is 5.10 Å². The molecule has 0 saturated carbocycles. The van der Waals surface area contributed by atoms with E-state index in [9.17, 15) is 14.0 Å². The van der Waals surface area contributed by atoms with Crippen molar-refractivity contribution in [3.05, 3.63) is 82.4 Å². The first-order valence-corrected chi connectivity index (χ1v) is 10.9. The highest BCUT2D eigenvalue weighted by Crippen LogP contribution is 2.19. The zero-order chi connectivity index (χ0) is 22.7. The van der Waals surface area contributed by atoms with Crippen LogP contribution in [0.5, 0.6) is 0 Å². The number of likely N-dealkylation sites (tertiary alicyclic amines) is 1. The number of aryl methyl sites for hydroxylation is 1. The van der Waals surface area contributed by atoms with E-state index in [1.807, 2.05) is 43.0 Å². The van der Waals surface area contributed by atoms with E-state index in [0.29, 0.717) is 12.1 Å². The predicted molar refractivity (Wildman–Crippen MR) is 120 cm³/mol. The number of nitrogens with one attached hydrogen (secondary N) is 1. The van der Waals surface area contributed by atoms with Crippen molar-refractivity contribution >= 4 is 11.8 Å². The molecule has 32 heavy (non-hydrogen) atoms. The van der Waals surface area contributed by atoms with Crippen LogP contribution in [0.25, 0.3) is 5.69 Å². The van der Waals surface area contributed by atoms with E-state index in [4.69, 9.17) is 0 Å². The van der Waals surface area contributed by atoms with Gasteiger partial charge in [-0.15, -0.1) is 0 Å². The number of carbonyl (C=O) groups excluding carboxylic acids is 2. The molecular weight excluding hydrogens is 407 g/mol. The van der Waals surface area contributed by atoms with Gasteiger partial charge in [0.15, 0.2) is 0 Å². The summed E-state index contributed by atoms with van der Waals surface area (Å²) in [6.07, 6.45) is 2.35. The molecular formula is C25H27FN4O2. The molecule has 1 saturated heterocycles. The van der Waals surface area contributed by atoms with Crippen molar-refractivity contribution in [2.24, 2.45) is 0 Å². The summed E-state index contributed by atoms with van der Waals surface area (Å²) >= 11 is 0. The number of benzene rings is 2. The average molecular weight is 435 g/mol. The van der Waals surface area contributed by atoms with Crippen LogP contribution in [-0.4, -0.2) is 39.6 Å². The van der Waals surface area contributed by atoms with Crippen LogP contribution >= 0.6 is 0 Å². The Morgan fingerprint density at radius 1 is 1.00 bits per heavy atom. The molecule has 7 heteroatoms. The van der Waals surface area contributed by atoms with Crippen molar-refractivity contribution in [1.29, 1.82) is 0 Å². The van der Waals surface area contributed by atoms with Gasteiger partial charge >= 0.3 is 0 Å². The first kappa shape index (κ1) is 21.7. The number of hydrogen-bond donors (Lipinski definition) is 1. The quantitative estimate of drug-likeness (QED) is 0.643. The highest BCUT2D eigenvalue weighted by atomic mass is 19.1. The molecule has 0 aliphatic carbocycles. The number of halogens is 1. The Bertz CT molecular complexity index is 1110. The third-order valence-electron chi connectivity index (χ3n) is 5.93. The number of rotatable bonds is 6. The van der Waals surface area contributed by atoms with E-state index in [0.717, 1.165) is 54.1 Å². The van der Waals surface area contributed by atoms with Crippen LogP contribution < -0.4 is 5.32 Å². The maximum absolute atomic E-state index is 13.2. The number of aromatic nitrogens is 2. The van der Waals surface area contributed by atoms with Crippen LogP contribution in [0.2, 0.25) is 0 Å². The van der Waals surface area contributed by atoms with Crippen molar-refractivity contribution in [3.8, 4) is 5.69 Å². The van der Waals surface area contributed by atoms with E-state index in [1.54, 1.807) is 16.8 Å². The van der Waals surface area contributed by atoms with E-state index in [-0.39, 0.29) is 24.1 Å². The van der Waals surface area contributed by atoms with Crippen LogP contribution in [0.15, 0.2) is 48.5 Å². The number of amides is 2. The Hall–Kier alpha value is -3.48. The topological polar surface area (TPSA) is 67.2 Å². The van der Waals surface area contributed by atoms with Gasteiger partial charge in [-0.1, -0.05) is 12.1 Å². The minimum Gasteiger partial charge on any atom is -0.352 e. The maximum atomic E-state index is 13.2. The van der Waals surface area contributed by atoms with E-state index < -0.39 is 0 Å². The molecule has 1 aliphatic heterocycles. The SMILES string of the molecule is Cc1nn(-c2ccc(F)cc2)c(C)c1CC(=O)NCc1ccc(C(=O)N2CCCC2)cc1. The molecule has 0 bridgehead atoms. The molecule has 0 atom stereocenters. The highest BCUT2D eigenvalue weighted by molar-refractivity contribution is 5.94. The Labute approximate surface area is 187 Å².